The average Bonchev–Trinajstić information content (AvgIpc) is 2.58. The summed E-state index contributed by atoms with van der Waals surface area (Å²) >= 11 is 5.26. The minimum atomic E-state index is -0.418. The summed E-state index contributed by atoms with van der Waals surface area (Å²) in [6.45, 7) is 10.2. The molecule has 9 nitrogen and oxygen atoms in total. The molecule has 0 aromatic heterocycles. The van der Waals surface area contributed by atoms with Crippen LogP contribution in [0.15, 0.2) is 0 Å². The summed E-state index contributed by atoms with van der Waals surface area (Å²) in [7, 11) is 3.09. The van der Waals surface area contributed by atoms with E-state index in [2.05, 4.69) is 10.1 Å². The van der Waals surface area contributed by atoms with Gasteiger partial charge >= 0.3 is 11.9 Å². The molecule has 0 aromatic carbocycles. The van der Waals surface area contributed by atoms with E-state index in [1.165, 1.54) is 16.8 Å². The number of nitrogens with zero attached hydrogens (tertiary/aromatic N) is 2. The Morgan fingerprint density at radius 3 is 1.57 bits per heavy atom. The minimum Gasteiger partial charge on any atom is -0.465 e. The maximum atomic E-state index is 11.6. The monoisotopic (exact) mass is 423 g/mol. The zero-order valence-corrected chi connectivity index (χ0v) is 18.7. The molecule has 164 valence electrons. The van der Waals surface area contributed by atoms with Gasteiger partial charge in [-0.1, -0.05) is 0 Å². The lowest BCUT2D eigenvalue weighted by Crippen LogP contribution is -2.45. The molecule has 0 saturated carbocycles. The molecule has 0 aromatic rings. The van der Waals surface area contributed by atoms with Crippen molar-refractivity contribution in [1.82, 2.24) is 15.1 Å². The number of halogens is 1. The number of hydrogen-bond acceptors (Lipinski definition) is 7. The van der Waals surface area contributed by atoms with E-state index in [1.54, 1.807) is 20.9 Å². The van der Waals surface area contributed by atoms with Gasteiger partial charge in [0.25, 0.3) is 0 Å². The molecule has 0 unspecified atom stereocenters. The van der Waals surface area contributed by atoms with Crippen LogP contribution in [0.25, 0.3) is 0 Å². The van der Waals surface area contributed by atoms with E-state index in [1.807, 2.05) is 20.8 Å². The Morgan fingerprint density at radius 2 is 1.25 bits per heavy atom. The Hall–Kier alpha value is -1.87. The Labute approximate surface area is 172 Å². The van der Waals surface area contributed by atoms with E-state index >= 15 is 0 Å². The first-order valence-electron chi connectivity index (χ1n) is 8.98. The predicted molar refractivity (Wildman–Crippen MR) is 107 cm³/mol. The van der Waals surface area contributed by atoms with Crippen LogP contribution in [-0.2, 0) is 28.7 Å². The maximum absolute atomic E-state index is 11.6. The molecule has 0 bridgehead atoms. The van der Waals surface area contributed by atoms with Crippen LogP contribution in [0.4, 0.5) is 0 Å². The Kier molecular flexibility index (Phi) is 15.3. The minimum absolute atomic E-state index is 0.00149. The number of carbonyl (C=O) groups is 4. The second-order valence-corrected chi connectivity index (χ2v) is 7.11. The van der Waals surface area contributed by atoms with E-state index in [0.717, 1.165) is 0 Å². The van der Waals surface area contributed by atoms with Crippen LogP contribution in [0.5, 0.6) is 0 Å². The summed E-state index contributed by atoms with van der Waals surface area (Å²) in [5, 5.41) is 3.06. The highest BCUT2D eigenvalue weighted by atomic mass is 35.5. The lowest BCUT2D eigenvalue weighted by molar-refractivity contribution is -0.148. The number of rotatable bonds is 9. The molecule has 10 heteroatoms. The van der Waals surface area contributed by atoms with Gasteiger partial charge in [0.15, 0.2) is 0 Å². The molecule has 0 rings (SSSR count). The molecule has 0 atom stereocenters. The number of likely N-dealkylation sites (N-methyl/N-ethyl adjacent to an activating group) is 2. The number of amides is 2. The quantitative estimate of drug-likeness (QED) is 0.428. The second-order valence-electron chi connectivity index (χ2n) is 6.85. The van der Waals surface area contributed by atoms with Crippen molar-refractivity contribution in [3.63, 3.8) is 0 Å². The Morgan fingerprint density at radius 1 is 0.857 bits per heavy atom. The fourth-order valence-electron chi connectivity index (χ4n) is 1.55. The first-order chi connectivity index (χ1) is 12.9. The summed E-state index contributed by atoms with van der Waals surface area (Å²) in [4.78, 5) is 46.9. The molecule has 0 aliphatic carbocycles. The van der Waals surface area contributed by atoms with E-state index < -0.39 is 5.97 Å². The highest BCUT2D eigenvalue weighted by Crippen LogP contribution is 1.98. The van der Waals surface area contributed by atoms with Gasteiger partial charge in [-0.25, -0.2) is 0 Å². The third-order valence-corrected chi connectivity index (χ3v) is 3.31. The zero-order chi connectivity index (χ0) is 22.3. The van der Waals surface area contributed by atoms with Gasteiger partial charge in [0.05, 0.1) is 19.8 Å². The number of nitrogens with one attached hydrogen (secondary N) is 1. The van der Waals surface area contributed by atoms with E-state index in [4.69, 9.17) is 16.3 Å². The van der Waals surface area contributed by atoms with Crippen LogP contribution in [0, 0.1) is 0 Å². The number of hydrogen-bond donors (Lipinski definition) is 1. The highest BCUT2D eigenvalue weighted by molar-refractivity contribution is 6.27. The summed E-state index contributed by atoms with van der Waals surface area (Å²) < 4.78 is 9.39. The molecule has 2 amide bonds. The number of alkyl halides is 1. The molecule has 0 spiro atoms. The largest absolute Gasteiger partial charge is 0.465 e. The maximum Gasteiger partial charge on any atom is 0.325 e. The van der Waals surface area contributed by atoms with Crippen LogP contribution in [0.3, 0.4) is 0 Å². The second kappa shape index (κ2) is 15.1. The van der Waals surface area contributed by atoms with Gasteiger partial charge in [-0.2, -0.15) is 0 Å². The van der Waals surface area contributed by atoms with Gasteiger partial charge in [-0.05, 0) is 34.6 Å². The molecule has 0 heterocycles. The average molecular weight is 424 g/mol. The van der Waals surface area contributed by atoms with E-state index in [-0.39, 0.29) is 48.8 Å². The standard InChI is InChI=1S/C11H22N2O3.C7H12ClNO3/c1-6-16-10(15)8-13(5)9(14)7-12-11(2,3)4;1-3-12-7(11)5-9(2)6(10)4-8/h12H,6-8H2,1-5H3;3-5H2,1-2H3. The number of carbonyl (C=O) groups excluding carboxylic acids is 4. The summed E-state index contributed by atoms with van der Waals surface area (Å²) in [5.74, 6) is -1.32. The van der Waals surface area contributed by atoms with Crippen molar-refractivity contribution >= 4 is 35.4 Å². The first-order valence-corrected chi connectivity index (χ1v) is 9.51. The van der Waals surface area contributed by atoms with Gasteiger partial charge < -0.3 is 24.6 Å². The van der Waals surface area contributed by atoms with Crippen molar-refractivity contribution in [2.75, 3.05) is 52.8 Å². The SMILES string of the molecule is CCOC(=O)CN(C)C(=O)CCl.CCOC(=O)CN(C)C(=O)CNC(C)(C)C. The van der Waals surface area contributed by atoms with Crippen LogP contribution in [-0.4, -0.2) is 91.9 Å². The van der Waals surface area contributed by atoms with Crippen molar-refractivity contribution in [2.24, 2.45) is 0 Å². The summed E-state index contributed by atoms with van der Waals surface area (Å²) in [5.41, 5.74) is -0.111. The zero-order valence-electron chi connectivity index (χ0n) is 18.0. The van der Waals surface area contributed by atoms with Gasteiger partial charge in [0.2, 0.25) is 11.8 Å². The molecule has 0 aliphatic heterocycles. The topological polar surface area (TPSA) is 105 Å². The van der Waals surface area contributed by atoms with E-state index in [0.29, 0.717) is 13.2 Å². The van der Waals surface area contributed by atoms with Crippen molar-refractivity contribution in [3.8, 4) is 0 Å². The van der Waals surface area contributed by atoms with Gasteiger partial charge in [0.1, 0.15) is 19.0 Å². The molecule has 0 aliphatic rings. The van der Waals surface area contributed by atoms with Gasteiger partial charge in [-0.3, -0.25) is 19.2 Å². The third-order valence-electron chi connectivity index (χ3n) is 3.08. The lowest BCUT2D eigenvalue weighted by Gasteiger charge is -2.22. The highest BCUT2D eigenvalue weighted by Gasteiger charge is 2.16. The van der Waals surface area contributed by atoms with Crippen LogP contribution >= 0.6 is 11.6 Å². The Balaban J connectivity index is 0. The smallest absolute Gasteiger partial charge is 0.325 e. The van der Waals surface area contributed by atoms with Crippen LogP contribution in [0.2, 0.25) is 0 Å². The fraction of sp³-hybridized carbons (Fsp3) is 0.778. The van der Waals surface area contributed by atoms with E-state index in [9.17, 15) is 19.2 Å². The van der Waals surface area contributed by atoms with Gasteiger partial charge in [-0.15, -0.1) is 11.6 Å². The molecule has 0 radical (unpaired) electrons. The Bertz CT molecular complexity index is 508. The normalized spacial score (nSPS) is 10.3. The molecule has 0 fully saturated rings. The van der Waals surface area contributed by atoms with Gasteiger partial charge in [0, 0.05) is 19.6 Å². The summed E-state index contributed by atoms with van der Waals surface area (Å²) in [6, 6.07) is 0. The summed E-state index contributed by atoms with van der Waals surface area (Å²) in [6.07, 6.45) is 0. The lowest BCUT2D eigenvalue weighted by atomic mass is 10.1. The molecule has 28 heavy (non-hydrogen) atoms. The van der Waals surface area contributed by atoms with Crippen LogP contribution < -0.4 is 5.32 Å². The molecular weight excluding hydrogens is 390 g/mol. The van der Waals surface area contributed by atoms with Crippen molar-refractivity contribution in [1.29, 1.82) is 0 Å². The first kappa shape index (κ1) is 28.3. The fourth-order valence-corrected chi connectivity index (χ4v) is 1.76. The van der Waals surface area contributed by atoms with Crippen molar-refractivity contribution < 1.29 is 28.7 Å². The van der Waals surface area contributed by atoms with Crippen LogP contribution in [0.1, 0.15) is 34.6 Å². The number of ether oxygens (including phenoxy) is 2. The molecule has 1 N–H and O–H groups in total. The molecule has 0 saturated heterocycles. The third kappa shape index (κ3) is 16.3. The van der Waals surface area contributed by atoms with Crippen molar-refractivity contribution in [3.05, 3.63) is 0 Å². The molecular formula is C18H34ClN3O6. The van der Waals surface area contributed by atoms with Crippen molar-refractivity contribution in [2.45, 2.75) is 40.2 Å². The number of esters is 2. The predicted octanol–water partition coefficient (Wildman–Crippen LogP) is 0.643.